The second kappa shape index (κ2) is 7.59. The van der Waals surface area contributed by atoms with Gasteiger partial charge in [-0.15, -0.1) is 0 Å². The SMILES string of the molecule is O=C(c1cnn2cccnc12)N1CCc2cc(=O)n(CCc3ccccc3)cc2C1. The molecular weight excluding hydrogens is 378 g/mol. The van der Waals surface area contributed by atoms with Gasteiger partial charge in [-0.2, -0.15) is 5.10 Å². The predicted octanol–water partition coefficient (Wildman–Crippen LogP) is 2.33. The molecular formula is C23H21N5O2. The van der Waals surface area contributed by atoms with E-state index in [1.54, 1.807) is 44.7 Å². The molecule has 0 spiro atoms. The Bertz CT molecular complexity index is 1280. The van der Waals surface area contributed by atoms with Crippen LogP contribution in [0, 0.1) is 0 Å². The number of hydrogen-bond donors (Lipinski definition) is 0. The number of aromatic nitrogens is 4. The van der Waals surface area contributed by atoms with Crippen LogP contribution in [-0.4, -0.2) is 36.5 Å². The summed E-state index contributed by atoms with van der Waals surface area (Å²) in [6, 6.07) is 13.6. The zero-order chi connectivity index (χ0) is 20.5. The first-order chi connectivity index (χ1) is 14.7. The van der Waals surface area contributed by atoms with E-state index in [1.165, 1.54) is 5.56 Å². The summed E-state index contributed by atoms with van der Waals surface area (Å²) >= 11 is 0. The predicted molar refractivity (Wildman–Crippen MR) is 112 cm³/mol. The first-order valence-electron chi connectivity index (χ1n) is 10.0. The lowest BCUT2D eigenvalue weighted by Crippen LogP contribution is -2.37. The molecule has 1 amide bonds. The molecule has 150 valence electrons. The van der Waals surface area contributed by atoms with Crippen LogP contribution in [0.15, 0.2) is 72.0 Å². The molecule has 0 N–H and O–H groups in total. The van der Waals surface area contributed by atoms with Crippen molar-refractivity contribution in [1.82, 2.24) is 24.1 Å². The number of carbonyl (C=O) groups excluding carboxylic acids is 1. The van der Waals surface area contributed by atoms with Crippen LogP contribution in [0.4, 0.5) is 0 Å². The van der Waals surface area contributed by atoms with Gasteiger partial charge in [0.1, 0.15) is 5.56 Å². The number of hydrogen-bond acceptors (Lipinski definition) is 4. The van der Waals surface area contributed by atoms with Gasteiger partial charge in [0.05, 0.1) is 6.20 Å². The molecule has 0 aliphatic carbocycles. The third-order valence-corrected chi connectivity index (χ3v) is 5.60. The van der Waals surface area contributed by atoms with E-state index >= 15 is 0 Å². The van der Waals surface area contributed by atoms with Crippen molar-refractivity contribution in [2.45, 2.75) is 25.9 Å². The van der Waals surface area contributed by atoms with Crippen LogP contribution < -0.4 is 5.56 Å². The molecule has 0 fully saturated rings. The Balaban J connectivity index is 1.37. The number of benzene rings is 1. The third kappa shape index (κ3) is 3.39. The van der Waals surface area contributed by atoms with E-state index in [4.69, 9.17) is 0 Å². The van der Waals surface area contributed by atoms with E-state index in [2.05, 4.69) is 22.2 Å². The Hall–Kier alpha value is -3.74. The highest BCUT2D eigenvalue weighted by atomic mass is 16.2. The highest BCUT2D eigenvalue weighted by Gasteiger charge is 2.25. The number of nitrogens with zero attached hydrogens (tertiary/aromatic N) is 5. The van der Waals surface area contributed by atoms with Gasteiger partial charge < -0.3 is 9.47 Å². The molecule has 30 heavy (non-hydrogen) atoms. The highest BCUT2D eigenvalue weighted by Crippen LogP contribution is 2.20. The topological polar surface area (TPSA) is 72.5 Å². The molecule has 7 nitrogen and oxygen atoms in total. The first-order valence-corrected chi connectivity index (χ1v) is 10.0. The molecule has 0 saturated heterocycles. The third-order valence-electron chi connectivity index (χ3n) is 5.60. The van der Waals surface area contributed by atoms with E-state index in [9.17, 15) is 9.59 Å². The molecule has 1 aliphatic heterocycles. The van der Waals surface area contributed by atoms with E-state index in [1.807, 2.05) is 24.4 Å². The van der Waals surface area contributed by atoms with E-state index in [0.29, 0.717) is 37.3 Å². The van der Waals surface area contributed by atoms with Gasteiger partial charge in [-0.25, -0.2) is 9.50 Å². The minimum absolute atomic E-state index is 0.0105. The van der Waals surface area contributed by atoms with E-state index < -0.39 is 0 Å². The summed E-state index contributed by atoms with van der Waals surface area (Å²) in [5.41, 5.74) is 4.30. The molecule has 3 aromatic heterocycles. The van der Waals surface area contributed by atoms with Crippen LogP contribution in [0.3, 0.4) is 0 Å². The number of amides is 1. The van der Waals surface area contributed by atoms with Crippen molar-refractivity contribution in [3.63, 3.8) is 0 Å². The lowest BCUT2D eigenvalue weighted by molar-refractivity contribution is 0.0736. The van der Waals surface area contributed by atoms with Crippen molar-refractivity contribution in [1.29, 1.82) is 0 Å². The molecule has 1 aliphatic rings. The highest BCUT2D eigenvalue weighted by molar-refractivity contribution is 5.99. The van der Waals surface area contributed by atoms with E-state index in [0.717, 1.165) is 17.5 Å². The van der Waals surface area contributed by atoms with Crippen molar-refractivity contribution in [3.05, 3.63) is 99.9 Å². The number of aryl methyl sites for hydroxylation is 2. The van der Waals surface area contributed by atoms with Crippen LogP contribution in [0.25, 0.3) is 5.65 Å². The average Bonchev–Trinajstić information content (AvgIpc) is 3.22. The molecule has 4 aromatic rings. The zero-order valence-corrected chi connectivity index (χ0v) is 16.4. The molecule has 4 heterocycles. The maximum absolute atomic E-state index is 13.1. The number of fused-ring (bicyclic) bond motifs is 2. The molecule has 7 heteroatoms. The molecule has 0 radical (unpaired) electrons. The van der Waals surface area contributed by atoms with Gasteiger partial charge in [0, 0.05) is 44.3 Å². The summed E-state index contributed by atoms with van der Waals surface area (Å²) in [6.07, 6.45) is 8.37. The number of rotatable bonds is 4. The summed E-state index contributed by atoms with van der Waals surface area (Å²) in [5.74, 6) is -0.0867. The minimum atomic E-state index is -0.0867. The smallest absolute Gasteiger partial charge is 0.259 e. The fourth-order valence-electron chi connectivity index (χ4n) is 3.97. The number of pyridine rings is 1. The lowest BCUT2D eigenvalue weighted by atomic mass is 10.0. The van der Waals surface area contributed by atoms with Gasteiger partial charge in [0.25, 0.3) is 11.5 Å². The molecule has 1 aromatic carbocycles. The zero-order valence-electron chi connectivity index (χ0n) is 16.4. The average molecular weight is 399 g/mol. The van der Waals surface area contributed by atoms with Gasteiger partial charge in [0.2, 0.25) is 0 Å². The van der Waals surface area contributed by atoms with Gasteiger partial charge in [0.15, 0.2) is 5.65 Å². The van der Waals surface area contributed by atoms with E-state index in [-0.39, 0.29) is 11.5 Å². The van der Waals surface area contributed by atoms with Gasteiger partial charge in [-0.1, -0.05) is 30.3 Å². The Morgan fingerprint density at radius 2 is 1.97 bits per heavy atom. The summed E-state index contributed by atoms with van der Waals surface area (Å²) in [7, 11) is 0. The van der Waals surface area contributed by atoms with Crippen LogP contribution in [-0.2, 0) is 25.9 Å². The Morgan fingerprint density at radius 1 is 1.10 bits per heavy atom. The molecule has 0 atom stereocenters. The summed E-state index contributed by atoms with van der Waals surface area (Å²) in [6.45, 7) is 1.66. The summed E-state index contributed by atoms with van der Waals surface area (Å²) < 4.78 is 3.35. The van der Waals surface area contributed by atoms with Crippen molar-refractivity contribution in [2.24, 2.45) is 0 Å². The Kier molecular flexibility index (Phi) is 4.63. The largest absolute Gasteiger partial charge is 0.334 e. The maximum Gasteiger partial charge on any atom is 0.259 e. The van der Waals surface area contributed by atoms with Crippen molar-refractivity contribution < 1.29 is 4.79 Å². The Morgan fingerprint density at radius 3 is 2.83 bits per heavy atom. The Labute approximate surface area is 173 Å². The lowest BCUT2D eigenvalue weighted by Gasteiger charge is -2.29. The van der Waals surface area contributed by atoms with Crippen molar-refractivity contribution >= 4 is 11.6 Å². The number of carbonyl (C=O) groups is 1. The summed E-state index contributed by atoms with van der Waals surface area (Å²) in [4.78, 5) is 31.7. The second-order valence-corrected chi connectivity index (χ2v) is 7.51. The van der Waals surface area contributed by atoms with Crippen molar-refractivity contribution in [2.75, 3.05) is 6.54 Å². The van der Waals surface area contributed by atoms with Crippen LogP contribution in [0.5, 0.6) is 0 Å². The fourth-order valence-corrected chi connectivity index (χ4v) is 3.97. The normalized spacial score (nSPS) is 13.4. The molecule has 0 bridgehead atoms. The first kappa shape index (κ1) is 18.3. The maximum atomic E-state index is 13.1. The second-order valence-electron chi connectivity index (χ2n) is 7.51. The van der Waals surface area contributed by atoms with Crippen LogP contribution in [0.1, 0.15) is 27.0 Å². The van der Waals surface area contributed by atoms with Gasteiger partial charge in [-0.3, -0.25) is 9.59 Å². The minimum Gasteiger partial charge on any atom is -0.334 e. The van der Waals surface area contributed by atoms with Crippen molar-refractivity contribution in [3.8, 4) is 0 Å². The monoisotopic (exact) mass is 399 g/mol. The summed E-state index contributed by atoms with van der Waals surface area (Å²) in [5, 5.41) is 4.22. The standard InChI is InChI=1S/C23H21N5O2/c29-21-13-18-8-12-27(23(30)20-14-25-28-10-4-9-24-22(20)28)16-19(18)15-26(21)11-7-17-5-2-1-3-6-17/h1-6,9-10,13-15H,7-8,11-12,16H2. The van der Waals surface area contributed by atoms with Crippen LogP contribution >= 0.6 is 0 Å². The van der Waals surface area contributed by atoms with Gasteiger partial charge in [-0.05, 0) is 35.6 Å². The molecule has 5 rings (SSSR count). The van der Waals surface area contributed by atoms with Crippen LogP contribution in [0.2, 0.25) is 0 Å². The van der Waals surface area contributed by atoms with Gasteiger partial charge >= 0.3 is 0 Å². The fraction of sp³-hybridized carbons (Fsp3) is 0.217. The molecule has 0 saturated carbocycles. The quantitative estimate of drug-likeness (QED) is 0.528. The molecule has 0 unspecified atom stereocenters.